The second-order valence-corrected chi connectivity index (χ2v) is 6.78. The molecular weight excluding hydrogens is 332 g/mol. The van der Waals surface area contributed by atoms with Gasteiger partial charge in [-0.15, -0.1) is 0 Å². The number of piperidine rings is 1. The second kappa shape index (κ2) is 8.17. The van der Waals surface area contributed by atoms with E-state index >= 15 is 0 Å². The monoisotopic (exact) mass is 356 g/mol. The Morgan fingerprint density at radius 1 is 1.19 bits per heavy atom. The molecule has 6 heteroatoms. The van der Waals surface area contributed by atoms with Crippen molar-refractivity contribution in [2.45, 2.75) is 51.6 Å². The molecule has 0 spiro atoms. The lowest BCUT2D eigenvalue weighted by atomic mass is 9.97. The summed E-state index contributed by atoms with van der Waals surface area (Å²) in [5, 5.41) is 0. The van der Waals surface area contributed by atoms with Gasteiger partial charge >= 0.3 is 5.97 Å². The van der Waals surface area contributed by atoms with E-state index in [1.807, 2.05) is 49.1 Å². The number of oxazole rings is 1. The highest BCUT2D eigenvalue weighted by molar-refractivity contribution is 5.81. The molecule has 2 atom stereocenters. The predicted molar refractivity (Wildman–Crippen MR) is 96.2 cm³/mol. The van der Waals surface area contributed by atoms with Crippen LogP contribution in [0, 0.1) is 0 Å². The van der Waals surface area contributed by atoms with E-state index < -0.39 is 5.97 Å². The zero-order valence-electron chi connectivity index (χ0n) is 15.2. The molecule has 1 aromatic heterocycles. The fraction of sp³-hybridized carbons (Fsp3) is 0.450. The molecule has 26 heavy (non-hydrogen) atoms. The van der Waals surface area contributed by atoms with Crippen LogP contribution < -0.4 is 0 Å². The summed E-state index contributed by atoms with van der Waals surface area (Å²) in [6, 6.07) is 9.83. The van der Waals surface area contributed by atoms with Crippen molar-refractivity contribution in [1.82, 2.24) is 9.88 Å². The molecule has 2 unspecified atom stereocenters. The summed E-state index contributed by atoms with van der Waals surface area (Å²) in [6.45, 7) is 3.85. The molecule has 6 nitrogen and oxygen atoms in total. The number of nitrogens with zero attached hydrogens (tertiary/aromatic N) is 2. The van der Waals surface area contributed by atoms with E-state index in [1.165, 1.54) is 6.26 Å². The Labute approximate surface area is 153 Å². The Balaban J connectivity index is 1.51. The van der Waals surface area contributed by atoms with Crippen LogP contribution in [-0.4, -0.2) is 40.5 Å². The molecule has 1 saturated heterocycles. The number of amides is 1. The molecule has 0 saturated carbocycles. The van der Waals surface area contributed by atoms with Crippen LogP contribution in [-0.2, 0) is 20.7 Å². The molecule has 1 aliphatic rings. The summed E-state index contributed by atoms with van der Waals surface area (Å²) in [6.07, 6.45) is 4.53. The Kier molecular flexibility index (Phi) is 5.71. The number of carbonyl (C=O) groups excluding carboxylic acids is 2. The third-order valence-electron chi connectivity index (χ3n) is 4.74. The highest BCUT2D eigenvalue weighted by Crippen LogP contribution is 2.22. The normalized spacial score (nSPS) is 20.0. The fourth-order valence-corrected chi connectivity index (χ4v) is 3.43. The number of aromatic nitrogens is 1. The molecular formula is C20H24N2O4. The van der Waals surface area contributed by atoms with Crippen molar-refractivity contribution in [3.63, 3.8) is 0 Å². The first kappa shape index (κ1) is 18.2. The van der Waals surface area contributed by atoms with Gasteiger partial charge in [-0.3, -0.25) is 9.59 Å². The Bertz CT molecular complexity index is 746. The lowest BCUT2D eigenvalue weighted by Gasteiger charge is -2.38. The van der Waals surface area contributed by atoms with Gasteiger partial charge in [0.05, 0.1) is 12.1 Å². The summed E-state index contributed by atoms with van der Waals surface area (Å²) in [7, 11) is 0. The van der Waals surface area contributed by atoms with Gasteiger partial charge in [0, 0.05) is 17.6 Å². The van der Waals surface area contributed by atoms with Gasteiger partial charge < -0.3 is 14.1 Å². The van der Waals surface area contributed by atoms with Crippen molar-refractivity contribution in [2.24, 2.45) is 0 Å². The van der Waals surface area contributed by atoms with Crippen LogP contribution in [0.3, 0.4) is 0 Å². The summed E-state index contributed by atoms with van der Waals surface area (Å²) >= 11 is 0. The molecule has 1 aliphatic heterocycles. The highest BCUT2D eigenvalue weighted by Gasteiger charge is 2.29. The third kappa shape index (κ3) is 4.31. The Hall–Kier alpha value is -2.63. The average molecular weight is 356 g/mol. The molecule has 2 aromatic rings. The predicted octanol–water partition coefficient (Wildman–Crippen LogP) is 3.22. The van der Waals surface area contributed by atoms with E-state index in [0.717, 1.165) is 24.8 Å². The van der Waals surface area contributed by atoms with E-state index in [0.29, 0.717) is 11.6 Å². The number of ether oxygens (including phenoxy) is 1. The third-order valence-corrected chi connectivity index (χ3v) is 4.74. The van der Waals surface area contributed by atoms with E-state index in [9.17, 15) is 9.59 Å². The van der Waals surface area contributed by atoms with Gasteiger partial charge in [-0.25, -0.2) is 4.98 Å². The minimum atomic E-state index is -0.483. The fourth-order valence-electron chi connectivity index (χ4n) is 3.43. The number of carbonyl (C=O) groups is 2. The number of hydrogen-bond donors (Lipinski definition) is 0. The quantitative estimate of drug-likeness (QED) is 0.769. The summed E-state index contributed by atoms with van der Waals surface area (Å²) in [5.41, 5.74) is 1.33. The zero-order valence-corrected chi connectivity index (χ0v) is 15.2. The van der Waals surface area contributed by atoms with Gasteiger partial charge in [-0.05, 0) is 45.2 Å². The summed E-state index contributed by atoms with van der Waals surface area (Å²) < 4.78 is 10.6. The first-order chi connectivity index (χ1) is 12.5. The van der Waals surface area contributed by atoms with E-state index in [1.54, 1.807) is 0 Å². The molecule has 1 aromatic carbocycles. The SMILES string of the molecule is CC1CCCC(C)N1C(=O)COC(=O)Cc1coc(-c2ccccc2)n1. The molecule has 1 fully saturated rings. The lowest BCUT2D eigenvalue weighted by Crippen LogP contribution is -2.49. The lowest BCUT2D eigenvalue weighted by molar-refractivity contribution is -0.154. The Morgan fingerprint density at radius 2 is 1.88 bits per heavy atom. The van der Waals surface area contributed by atoms with Crippen molar-refractivity contribution in [1.29, 1.82) is 0 Å². The van der Waals surface area contributed by atoms with Crippen LogP contribution in [0.1, 0.15) is 38.8 Å². The molecule has 0 aliphatic carbocycles. The van der Waals surface area contributed by atoms with Crippen molar-refractivity contribution in [3.8, 4) is 11.5 Å². The maximum absolute atomic E-state index is 12.4. The number of hydrogen-bond acceptors (Lipinski definition) is 5. The van der Waals surface area contributed by atoms with E-state index in [2.05, 4.69) is 4.98 Å². The van der Waals surface area contributed by atoms with E-state index in [-0.39, 0.29) is 31.0 Å². The van der Waals surface area contributed by atoms with Crippen molar-refractivity contribution in [2.75, 3.05) is 6.61 Å². The molecule has 0 radical (unpaired) electrons. The number of rotatable bonds is 5. The van der Waals surface area contributed by atoms with Gasteiger partial charge in [0.25, 0.3) is 5.91 Å². The number of likely N-dealkylation sites (tertiary alicyclic amines) is 1. The number of benzene rings is 1. The zero-order chi connectivity index (χ0) is 18.5. The van der Waals surface area contributed by atoms with Gasteiger partial charge in [0.2, 0.25) is 5.89 Å². The summed E-state index contributed by atoms with van der Waals surface area (Å²) in [4.78, 5) is 30.5. The highest BCUT2D eigenvalue weighted by atomic mass is 16.5. The standard InChI is InChI=1S/C20H24N2O4/c1-14-7-6-8-15(2)22(14)18(23)13-25-19(24)11-17-12-26-20(21-17)16-9-4-3-5-10-16/h3-5,9-10,12,14-15H,6-8,11,13H2,1-2H3. The van der Waals surface area contributed by atoms with Gasteiger partial charge in [0.15, 0.2) is 6.61 Å². The second-order valence-electron chi connectivity index (χ2n) is 6.78. The molecule has 0 bridgehead atoms. The molecule has 138 valence electrons. The maximum atomic E-state index is 12.4. The number of esters is 1. The maximum Gasteiger partial charge on any atom is 0.312 e. The van der Waals surface area contributed by atoms with Crippen molar-refractivity contribution < 1.29 is 18.7 Å². The Morgan fingerprint density at radius 3 is 2.58 bits per heavy atom. The smallest absolute Gasteiger partial charge is 0.312 e. The molecule has 3 rings (SSSR count). The average Bonchev–Trinajstić information content (AvgIpc) is 3.09. The topological polar surface area (TPSA) is 72.6 Å². The van der Waals surface area contributed by atoms with Crippen LogP contribution in [0.2, 0.25) is 0 Å². The minimum absolute atomic E-state index is 0.0191. The van der Waals surface area contributed by atoms with Crippen LogP contribution in [0.5, 0.6) is 0 Å². The van der Waals surface area contributed by atoms with Crippen LogP contribution in [0.15, 0.2) is 41.0 Å². The summed E-state index contributed by atoms with van der Waals surface area (Å²) in [5.74, 6) is -0.160. The van der Waals surface area contributed by atoms with Crippen LogP contribution in [0.25, 0.3) is 11.5 Å². The van der Waals surface area contributed by atoms with Crippen molar-refractivity contribution >= 4 is 11.9 Å². The van der Waals surface area contributed by atoms with Gasteiger partial charge in [-0.2, -0.15) is 0 Å². The van der Waals surface area contributed by atoms with E-state index in [4.69, 9.17) is 9.15 Å². The van der Waals surface area contributed by atoms with Crippen molar-refractivity contribution in [3.05, 3.63) is 42.3 Å². The molecule has 0 N–H and O–H groups in total. The van der Waals surface area contributed by atoms with Crippen LogP contribution in [0.4, 0.5) is 0 Å². The van der Waals surface area contributed by atoms with Gasteiger partial charge in [0.1, 0.15) is 6.26 Å². The minimum Gasteiger partial charge on any atom is -0.455 e. The first-order valence-corrected chi connectivity index (χ1v) is 9.01. The van der Waals surface area contributed by atoms with Crippen LogP contribution >= 0.6 is 0 Å². The molecule has 2 heterocycles. The van der Waals surface area contributed by atoms with Gasteiger partial charge in [-0.1, -0.05) is 18.2 Å². The first-order valence-electron chi connectivity index (χ1n) is 9.01. The largest absolute Gasteiger partial charge is 0.455 e. The molecule has 1 amide bonds.